The van der Waals surface area contributed by atoms with Gasteiger partial charge in [0.15, 0.2) is 0 Å². The topological polar surface area (TPSA) is 49.5 Å². The second-order valence-corrected chi connectivity index (χ2v) is 3.27. The van der Waals surface area contributed by atoms with E-state index >= 15 is 0 Å². The van der Waals surface area contributed by atoms with Crippen LogP contribution in [0.4, 0.5) is 0 Å². The normalized spacial score (nSPS) is 29.2. The van der Waals surface area contributed by atoms with Crippen molar-refractivity contribution in [2.24, 2.45) is 5.73 Å². The van der Waals surface area contributed by atoms with Crippen molar-refractivity contribution >= 4 is 0 Å². The zero-order valence-electron chi connectivity index (χ0n) is 7.16. The number of nitrogens with two attached hydrogens (primary N) is 1. The van der Waals surface area contributed by atoms with Gasteiger partial charge in [0, 0.05) is 19.1 Å². The molecular weight excluding hydrogens is 140 g/mol. The van der Waals surface area contributed by atoms with Crippen LogP contribution in [0.2, 0.25) is 0 Å². The molecule has 1 fully saturated rings. The highest BCUT2D eigenvalue weighted by molar-refractivity contribution is 4.82. The predicted octanol–water partition coefficient (Wildman–Crippen LogP) is -0.210. The van der Waals surface area contributed by atoms with Gasteiger partial charge in [-0.1, -0.05) is 0 Å². The van der Waals surface area contributed by atoms with Gasteiger partial charge in [-0.3, -0.25) is 4.90 Å². The van der Waals surface area contributed by atoms with Crippen LogP contribution in [-0.2, 0) is 0 Å². The van der Waals surface area contributed by atoms with Crippen LogP contribution in [0.3, 0.4) is 0 Å². The second kappa shape index (κ2) is 4.04. The van der Waals surface area contributed by atoms with Gasteiger partial charge >= 0.3 is 0 Å². The highest BCUT2D eigenvalue weighted by Gasteiger charge is 2.26. The average molecular weight is 158 g/mol. The van der Waals surface area contributed by atoms with E-state index in [-0.39, 0.29) is 6.10 Å². The second-order valence-electron chi connectivity index (χ2n) is 3.27. The minimum atomic E-state index is -0.205. The maximum absolute atomic E-state index is 9.37. The van der Waals surface area contributed by atoms with Crippen LogP contribution in [0.15, 0.2) is 0 Å². The third-order valence-corrected chi connectivity index (χ3v) is 2.39. The Labute approximate surface area is 68.2 Å². The van der Waals surface area contributed by atoms with Crippen molar-refractivity contribution in [3.05, 3.63) is 0 Å². The molecule has 0 aromatic carbocycles. The summed E-state index contributed by atoms with van der Waals surface area (Å²) in [6.45, 7) is 4.59. The first-order chi connectivity index (χ1) is 5.25. The Morgan fingerprint density at radius 1 is 1.73 bits per heavy atom. The highest BCUT2D eigenvalue weighted by atomic mass is 16.3. The highest BCUT2D eigenvalue weighted by Crippen LogP contribution is 2.18. The van der Waals surface area contributed by atoms with E-state index in [4.69, 9.17) is 5.73 Å². The van der Waals surface area contributed by atoms with Crippen LogP contribution >= 0.6 is 0 Å². The predicted molar refractivity (Wildman–Crippen MR) is 45.3 cm³/mol. The number of aliphatic hydroxyl groups is 1. The summed E-state index contributed by atoms with van der Waals surface area (Å²) in [5.41, 5.74) is 5.45. The van der Waals surface area contributed by atoms with Crippen LogP contribution in [0.25, 0.3) is 0 Å². The first kappa shape index (κ1) is 8.97. The minimum Gasteiger partial charge on any atom is -0.392 e. The largest absolute Gasteiger partial charge is 0.392 e. The van der Waals surface area contributed by atoms with E-state index in [1.54, 1.807) is 0 Å². The van der Waals surface area contributed by atoms with Crippen LogP contribution in [0, 0.1) is 0 Å². The van der Waals surface area contributed by atoms with Gasteiger partial charge in [-0.25, -0.2) is 0 Å². The lowest BCUT2D eigenvalue weighted by Crippen LogP contribution is -2.40. The van der Waals surface area contributed by atoms with E-state index in [1.807, 2.05) is 6.92 Å². The molecule has 1 aliphatic heterocycles. The minimum absolute atomic E-state index is 0.205. The smallest absolute Gasteiger partial charge is 0.0667 e. The molecule has 11 heavy (non-hydrogen) atoms. The van der Waals surface area contributed by atoms with Crippen molar-refractivity contribution in [2.75, 3.05) is 19.6 Å². The summed E-state index contributed by atoms with van der Waals surface area (Å²) in [6.07, 6.45) is 2.12. The summed E-state index contributed by atoms with van der Waals surface area (Å²) in [5.74, 6) is 0. The van der Waals surface area contributed by atoms with E-state index in [9.17, 15) is 5.11 Å². The number of hydrogen-bond acceptors (Lipinski definition) is 3. The third-order valence-electron chi connectivity index (χ3n) is 2.39. The molecule has 0 bridgehead atoms. The fourth-order valence-corrected chi connectivity index (χ4v) is 1.84. The Hall–Kier alpha value is -0.120. The molecule has 3 nitrogen and oxygen atoms in total. The zero-order valence-corrected chi connectivity index (χ0v) is 7.16. The van der Waals surface area contributed by atoms with Gasteiger partial charge in [0.25, 0.3) is 0 Å². The molecule has 0 unspecified atom stereocenters. The van der Waals surface area contributed by atoms with E-state index in [2.05, 4.69) is 4.90 Å². The van der Waals surface area contributed by atoms with E-state index in [0.717, 1.165) is 19.5 Å². The monoisotopic (exact) mass is 158 g/mol. The molecule has 0 radical (unpaired) electrons. The fourth-order valence-electron chi connectivity index (χ4n) is 1.84. The molecule has 1 rings (SSSR count). The fraction of sp³-hybridized carbons (Fsp3) is 1.00. The molecule has 0 amide bonds. The lowest BCUT2D eigenvalue weighted by atomic mass is 10.1. The molecule has 2 atom stereocenters. The molecule has 0 saturated carbocycles. The molecular formula is C8H18N2O. The van der Waals surface area contributed by atoms with Gasteiger partial charge in [-0.05, 0) is 26.3 Å². The average Bonchev–Trinajstić information content (AvgIpc) is 2.36. The van der Waals surface area contributed by atoms with Crippen LogP contribution < -0.4 is 5.73 Å². The summed E-state index contributed by atoms with van der Waals surface area (Å²) in [5, 5.41) is 9.37. The van der Waals surface area contributed by atoms with E-state index in [0.29, 0.717) is 12.6 Å². The van der Waals surface area contributed by atoms with Gasteiger partial charge in [0.1, 0.15) is 0 Å². The molecule has 0 aliphatic carbocycles. The first-order valence-electron chi connectivity index (χ1n) is 4.38. The number of hydrogen-bond donors (Lipinski definition) is 2. The van der Waals surface area contributed by atoms with Gasteiger partial charge in [-0.2, -0.15) is 0 Å². The van der Waals surface area contributed by atoms with Crippen LogP contribution in [0.5, 0.6) is 0 Å². The van der Waals surface area contributed by atoms with Crippen molar-refractivity contribution in [3.8, 4) is 0 Å². The van der Waals surface area contributed by atoms with Crippen molar-refractivity contribution in [1.29, 1.82) is 0 Å². The quantitative estimate of drug-likeness (QED) is 0.597. The van der Waals surface area contributed by atoms with Crippen molar-refractivity contribution in [3.63, 3.8) is 0 Å². The SMILES string of the molecule is C[C@H](O)[C@@H]1CCCN1CCN. The number of rotatable bonds is 3. The maximum Gasteiger partial charge on any atom is 0.0667 e. The maximum atomic E-state index is 9.37. The molecule has 1 saturated heterocycles. The lowest BCUT2D eigenvalue weighted by Gasteiger charge is -2.25. The van der Waals surface area contributed by atoms with Crippen LogP contribution in [0.1, 0.15) is 19.8 Å². The lowest BCUT2D eigenvalue weighted by molar-refractivity contribution is 0.0885. The van der Waals surface area contributed by atoms with Gasteiger partial charge in [-0.15, -0.1) is 0 Å². The third kappa shape index (κ3) is 2.15. The number of nitrogens with zero attached hydrogens (tertiary/aromatic N) is 1. The molecule has 1 aliphatic rings. The van der Waals surface area contributed by atoms with Crippen molar-refractivity contribution < 1.29 is 5.11 Å². The zero-order chi connectivity index (χ0) is 8.27. The molecule has 0 spiro atoms. The summed E-state index contributed by atoms with van der Waals surface area (Å²) in [4.78, 5) is 2.28. The number of aliphatic hydroxyl groups excluding tert-OH is 1. The summed E-state index contributed by atoms with van der Waals surface area (Å²) in [7, 11) is 0. The van der Waals surface area contributed by atoms with E-state index < -0.39 is 0 Å². The van der Waals surface area contributed by atoms with Crippen molar-refractivity contribution in [2.45, 2.75) is 31.9 Å². The Morgan fingerprint density at radius 2 is 2.45 bits per heavy atom. The van der Waals surface area contributed by atoms with Gasteiger partial charge in [0.05, 0.1) is 6.10 Å². The molecule has 0 aromatic rings. The van der Waals surface area contributed by atoms with E-state index in [1.165, 1.54) is 6.42 Å². The molecule has 66 valence electrons. The standard InChI is InChI=1S/C8H18N2O/c1-7(11)8-3-2-5-10(8)6-4-9/h7-8,11H,2-6,9H2,1H3/t7-,8-/m0/s1. The molecule has 0 aromatic heterocycles. The van der Waals surface area contributed by atoms with Crippen molar-refractivity contribution in [1.82, 2.24) is 4.90 Å². The Kier molecular flexibility index (Phi) is 3.30. The molecule has 3 heteroatoms. The Balaban J connectivity index is 2.37. The van der Waals surface area contributed by atoms with Gasteiger partial charge < -0.3 is 10.8 Å². The first-order valence-corrected chi connectivity index (χ1v) is 4.38. The number of likely N-dealkylation sites (tertiary alicyclic amines) is 1. The summed E-state index contributed by atoms with van der Waals surface area (Å²) < 4.78 is 0. The Bertz CT molecular complexity index is 117. The van der Waals surface area contributed by atoms with Gasteiger partial charge in [0.2, 0.25) is 0 Å². The molecule has 1 heterocycles. The summed E-state index contributed by atoms with van der Waals surface area (Å²) in [6, 6.07) is 0.360. The molecule has 3 N–H and O–H groups in total. The van der Waals surface area contributed by atoms with Crippen LogP contribution in [-0.4, -0.2) is 41.8 Å². The Morgan fingerprint density at radius 3 is 3.00 bits per heavy atom. The summed E-state index contributed by atoms with van der Waals surface area (Å²) >= 11 is 0.